The molecule has 0 aliphatic carbocycles. The van der Waals surface area contributed by atoms with Crippen molar-refractivity contribution < 1.29 is 19.4 Å². The molecule has 0 amide bonds. The fraction of sp³-hybridized carbons (Fsp3) is 0.750. The summed E-state index contributed by atoms with van der Waals surface area (Å²) >= 11 is 0. The predicted octanol–water partition coefficient (Wildman–Crippen LogP) is -0.140. The van der Waals surface area contributed by atoms with Gasteiger partial charge in [0, 0.05) is 6.42 Å². The molecule has 0 aromatic heterocycles. The van der Waals surface area contributed by atoms with E-state index in [1.54, 1.807) is 0 Å². The van der Waals surface area contributed by atoms with Crippen LogP contribution in [0.1, 0.15) is 32.6 Å². The van der Waals surface area contributed by atoms with Gasteiger partial charge in [0.05, 0.1) is 5.97 Å². The van der Waals surface area contributed by atoms with Crippen molar-refractivity contribution in [2.24, 2.45) is 0 Å². The van der Waals surface area contributed by atoms with Gasteiger partial charge in [0.1, 0.15) is 6.61 Å². The quantitative estimate of drug-likeness (QED) is 0.414. The van der Waals surface area contributed by atoms with E-state index >= 15 is 0 Å². The molecule has 0 radical (unpaired) electrons. The van der Waals surface area contributed by atoms with Gasteiger partial charge in [-0.15, -0.1) is 0 Å². The summed E-state index contributed by atoms with van der Waals surface area (Å²) in [5, 5.41) is 9.85. The second kappa shape index (κ2) is 6.64. The van der Waals surface area contributed by atoms with Gasteiger partial charge in [-0.2, -0.15) is 0 Å². The molecule has 0 saturated carbocycles. The Morgan fingerprint density at radius 1 is 1.33 bits per heavy atom. The fourth-order valence-electron chi connectivity index (χ4n) is 0.731. The number of ether oxygens (including phenoxy) is 1. The van der Waals surface area contributed by atoms with Crippen LogP contribution in [0.4, 0.5) is 0 Å². The molecule has 0 atom stereocenters. The van der Waals surface area contributed by atoms with Crippen molar-refractivity contribution in [1.82, 2.24) is 0 Å². The van der Waals surface area contributed by atoms with Gasteiger partial charge in [-0.05, 0) is 6.42 Å². The average Bonchev–Trinajstić information content (AvgIpc) is 2.01. The average molecular weight is 173 g/mol. The lowest BCUT2D eigenvalue weighted by molar-refractivity contribution is -0.308. The van der Waals surface area contributed by atoms with E-state index in [1.807, 2.05) is 6.92 Å². The second-order valence-electron chi connectivity index (χ2n) is 2.49. The summed E-state index contributed by atoms with van der Waals surface area (Å²) in [6, 6.07) is 0. The van der Waals surface area contributed by atoms with Crippen LogP contribution < -0.4 is 5.11 Å². The van der Waals surface area contributed by atoms with Gasteiger partial charge in [0.15, 0.2) is 0 Å². The maximum atomic E-state index is 10.7. The molecule has 70 valence electrons. The number of carboxylic acids is 1. The minimum Gasteiger partial charge on any atom is -0.546 e. The Labute approximate surface area is 71.5 Å². The molecule has 0 fully saturated rings. The number of carboxylic acid groups (broad SMARTS) is 1. The van der Waals surface area contributed by atoms with Crippen LogP contribution in [0.15, 0.2) is 0 Å². The van der Waals surface area contributed by atoms with Gasteiger partial charge < -0.3 is 14.6 Å². The highest BCUT2D eigenvalue weighted by atomic mass is 16.5. The summed E-state index contributed by atoms with van der Waals surface area (Å²) in [7, 11) is 0. The molecular formula is C8H13O4-. The minimum absolute atomic E-state index is 0.293. The highest BCUT2D eigenvalue weighted by molar-refractivity contribution is 5.74. The molecule has 0 saturated heterocycles. The molecule has 0 heterocycles. The zero-order valence-corrected chi connectivity index (χ0v) is 7.17. The van der Waals surface area contributed by atoms with Crippen molar-refractivity contribution in [3.05, 3.63) is 0 Å². The van der Waals surface area contributed by atoms with Crippen molar-refractivity contribution in [1.29, 1.82) is 0 Å². The Morgan fingerprint density at radius 3 is 2.50 bits per heavy atom. The highest BCUT2D eigenvalue weighted by Gasteiger charge is 2.00. The lowest BCUT2D eigenvalue weighted by atomic mass is 10.2. The molecule has 4 heteroatoms. The van der Waals surface area contributed by atoms with Crippen LogP contribution in [-0.2, 0) is 14.3 Å². The molecule has 0 N–H and O–H groups in total. The zero-order chi connectivity index (χ0) is 9.40. The molecule has 12 heavy (non-hydrogen) atoms. The zero-order valence-electron chi connectivity index (χ0n) is 7.17. The van der Waals surface area contributed by atoms with Crippen LogP contribution in [0.25, 0.3) is 0 Å². The van der Waals surface area contributed by atoms with Gasteiger partial charge in [0.2, 0.25) is 0 Å². The van der Waals surface area contributed by atoms with E-state index in [9.17, 15) is 14.7 Å². The standard InChI is InChI=1S/C8H14O4/c1-2-3-4-5-8(11)12-6-7(9)10/h2-6H2,1H3,(H,9,10)/p-1. The van der Waals surface area contributed by atoms with E-state index in [0.29, 0.717) is 6.42 Å². The van der Waals surface area contributed by atoms with Gasteiger partial charge in [-0.1, -0.05) is 19.8 Å². The third kappa shape index (κ3) is 7.05. The number of hydrogen-bond donors (Lipinski definition) is 0. The monoisotopic (exact) mass is 173 g/mol. The molecule has 0 aliphatic rings. The smallest absolute Gasteiger partial charge is 0.306 e. The van der Waals surface area contributed by atoms with Crippen molar-refractivity contribution in [2.75, 3.05) is 6.61 Å². The van der Waals surface area contributed by atoms with E-state index in [0.717, 1.165) is 19.3 Å². The summed E-state index contributed by atoms with van der Waals surface area (Å²) < 4.78 is 4.35. The molecule has 0 aromatic carbocycles. The van der Waals surface area contributed by atoms with E-state index in [-0.39, 0.29) is 0 Å². The number of carbonyl (C=O) groups is 2. The van der Waals surface area contributed by atoms with Crippen molar-refractivity contribution in [3.63, 3.8) is 0 Å². The number of aliphatic carboxylic acids is 1. The number of esters is 1. The van der Waals surface area contributed by atoms with E-state index in [4.69, 9.17) is 0 Å². The van der Waals surface area contributed by atoms with E-state index in [1.165, 1.54) is 0 Å². The minimum atomic E-state index is -1.36. The van der Waals surface area contributed by atoms with Crippen LogP contribution in [0.3, 0.4) is 0 Å². The molecule has 0 unspecified atom stereocenters. The predicted molar refractivity (Wildman–Crippen MR) is 40.1 cm³/mol. The lowest BCUT2D eigenvalue weighted by Crippen LogP contribution is -2.28. The Balaban J connectivity index is 3.28. The Kier molecular flexibility index (Phi) is 6.05. The summed E-state index contributed by atoms with van der Waals surface area (Å²) in [5.74, 6) is -1.83. The Hall–Kier alpha value is -1.06. The first-order chi connectivity index (χ1) is 5.66. The Morgan fingerprint density at radius 2 is 2.00 bits per heavy atom. The number of unbranched alkanes of at least 4 members (excludes halogenated alkanes) is 2. The molecule has 0 aromatic rings. The number of rotatable bonds is 6. The second-order valence-corrected chi connectivity index (χ2v) is 2.49. The molecule has 0 rings (SSSR count). The number of carbonyl (C=O) groups excluding carboxylic acids is 2. The molecule has 4 nitrogen and oxygen atoms in total. The molecule has 0 bridgehead atoms. The van der Waals surface area contributed by atoms with Crippen LogP contribution in [0.5, 0.6) is 0 Å². The molecule has 0 spiro atoms. The number of hydrogen-bond acceptors (Lipinski definition) is 4. The largest absolute Gasteiger partial charge is 0.546 e. The third-order valence-electron chi connectivity index (χ3n) is 1.34. The summed E-state index contributed by atoms with van der Waals surface area (Å²) in [5.41, 5.74) is 0. The Bertz CT molecular complexity index is 153. The van der Waals surface area contributed by atoms with Crippen LogP contribution in [0.2, 0.25) is 0 Å². The van der Waals surface area contributed by atoms with Crippen LogP contribution >= 0.6 is 0 Å². The first kappa shape index (κ1) is 10.9. The van der Waals surface area contributed by atoms with Crippen LogP contribution in [0, 0.1) is 0 Å². The van der Waals surface area contributed by atoms with Gasteiger partial charge in [-0.25, -0.2) is 0 Å². The molecule has 0 aliphatic heterocycles. The van der Waals surface area contributed by atoms with E-state index in [2.05, 4.69) is 4.74 Å². The lowest BCUT2D eigenvalue weighted by Gasteiger charge is -2.04. The van der Waals surface area contributed by atoms with Crippen molar-refractivity contribution >= 4 is 11.9 Å². The highest BCUT2D eigenvalue weighted by Crippen LogP contribution is 1.99. The summed E-state index contributed by atoms with van der Waals surface area (Å²) in [4.78, 5) is 20.6. The van der Waals surface area contributed by atoms with Crippen molar-refractivity contribution in [2.45, 2.75) is 32.6 Å². The van der Waals surface area contributed by atoms with Gasteiger partial charge >= 0.3 is 5.97 Å². The van der Waals surface area contributed by atoms with E-state index < -0.39 is 18.5 Å². The van der Waals surface area contributed by atoms with Gasteiger partial charge in [-0.3, -0.25) is 4.79 Å². The SMILES string of the molecule is CCCCCC(=O)OCC(=O)[O-]. The maximum absolute atomic E-state index is 10.7. The maximum Gasteiger partial charge on any atom is 0.306 e. The van der Waals surface area contributed by atoms with Crippen molar-refractivity contribution in [3.8, 4) is 0 Å². The van der Waals surface area contributed by atoms with Crippen LogP contribution in [-0.4, -0.2) is 18.5 Å². The fourth-order valence-corrected chi connectivity index (χ4v) is 0.731. The first-order valence-corrected chi connectivity index (χ1v) is 4.02. The topological polar surface area (TPSA) is 66.4 Å². The summed E-state index contributed by atoms with van der Waals surface area (Å²) in [6.07, 6.45) is 3.03. The summed E-state index contributed by atoms with van der Waals surface area (Å²) in [6.45, 7) is 1.39. The van der Waals surface area contributed by atoms with Gasteiger partial charge in [0.25, 0.3) is 0 Å². The first-order valence-electron chi connectivity index (χ1n) is 4.02. The normalized spacial score (nSPS) is 9.42. The third-order valence-corrected chi connectivity index (χ3v) is 1.34. The molecular weight excluding hydrogens is 160 g/mol.